The van der Waals surface area contributed by atoms with Crippen molar-refractivity contribution in [3.63, 3.8) is 0 Å². The van der Waals surface area contributed by atoms with E-state index in [0.29, 0.717) is 6.42 Å². The summed E-state index contributed by atoms with van der Waals surface area (Å²) >= 11 is 0. The van der Waals surface area contributed by atoms with E-state index < -0.39 is 5.54 Å². The zero-order valence-electron chi connectivity index (χ0n) is 9.26. The monoisotopic (exact) mass is 196 g/mol. The molecule has 0 rings (SSSR count). The first-order valence-corrected chi connectivity index (χ1v) is 4.93. The number of nitrogens with two attached hydrogens (primary N) is 1. The van der Waals surface area contributed by atoms with Gasteiger partial charge < -0.3 is 11.1 Å². The molecule has 0 bridgehead atoms. The molecule has 1 unspecified atom stereocenters. The molecule has 3 nitrogen and oxygen atoms in total. The molecule has 14 heavy (non-hydrogen) atoms. The van der Waals surface area contributed by atoms with Crippen molar-refractivity contribution in [3.8, 4) is 12.3 Å². The lowest BCUT2D eigenvalue weighted by molar-refractivity contribution is -0.122. The van der Waals surface area contributed by atoms with E-state index >= 15 is 0 Å². The molecule has 3 heteroatoms. The van der Waals surface area contributed by atoms with Crippen molar-refractivity contribution in [1.82, 2.24) is 5.32 Å². The number of carbonyl (C=O) groups excluding carboxylic acids is 1. The van der Waals surface area contributed by atoms with Gasteiger partial charge in [0, 0.05) is 12.0 Å². The molecule has 0 fully saturated rings. The van der Waals surface area contributed by atoms with E-state index in [9.17, 15) is 4.79 Å². The summed E-state index contributed by atoms with van der Waals surface area (Å²) in [5.41, 5.74) is 5.24. The smallest absolute Gasteiger partial charge is 0.222 e. The van der Waals surface area contributed by atoms with Crippen molar-refractivity contribution >= 4 is 5.91 Å². The minimum Gasteiger partial charge on any atom is -0.342 e. The Hall–Kier alpha value is -1.01. The van der Waals surface area contributed by atoms with Crippen LogP contribution in [0, 0.1) is 12.3 Å². The third-order valence-electron chi connectivity index (χ3n) is 1.73. The number of hydrogen-bond donors (Lipinski definition) is 2. The maximum atomic E-state index is 11.4. The van der Waals surface area contributed by atoms with Crippen LogP contribution in [-0.2, 0) is 4.79 Å². The van der Waals surface area contributed by atoms with Crippen LogP contribution in [0.1, 0.15) is 40.0 Å². The molecule has 0 aromatic heterocycles. The predicted molar refractivity (Wildman–Crippen MR) is 58.6 cm³/mol. The van der Waals surface area contributed by atoms with Gasteiger partial charge in [-0.3, -0.25) is 4.79 Å². The van der Waals surface area contributed by atoms with Gasteiger partial charge in [0.05, 0.1) is 6.04 Å². The summed E-state index contributed by atoms with van der Waals surface area (Å²) in [5, 5.41) is 2.77. The third kappa shape index (κ3) is 6.50. The highest BCUT2D eigenvalue weighted by Crippen LogP contribution is 2.04. The molecule has 0 heterocycles. The van der Waals surface area contributed by atoms with Crippen molar-refractivity contribution in [2.24, 2.45) is 5.73 Å². The molecule has 0 aromatic rings. The van der Waals surface area contributed by atoms with Crippen molar-refractivity contribution < 1.29 is 4.79 Å². The van der Waals surface area contributed by atoms with E-state index in [0.717, 1.165) is 12.8 Å². The first-order chi connectivity index (χ1) is 6.39. The lowest BCUT2D eigenvalue weighted by Crippen LogP contribution is -2.42. The fraction of sp³-hybridized carbons (Fsp3) is 0.727. The minimum atomic E-state index is -0.477. The fourth-order valence-electron chi connectivity index (χ4n) is 1.15. The predicted octanol–water partition coefficient (Wildman–Crippen LogP) is 1.03. The Balaban J connectivity index is 3.99. The SMILES string of the molecule is C#CC(CCC)NC(=O)CC(C)(C)N. The molecule has 0 aliphatic heterocycles. The highest BCUT2D eigenvalue weighted by molar-refractivity contribution is 5.77. The molecule has 0 saturated heterocycles. The number of nitrogens with one attached hydrogen (secondary N) is 1. The lowest BCUT2D eigenvalue weighted by atomic mass is 10.0. The van der Waals surface area contributed by atoms with Gasteiger partial charge in [-0.2, -0.15) is 0 Å². The molecule has 1 amide bonds. The molecule has 80 valence electrons. The second kappa shape index (κ2) is 5.66. The highest BCUT2D eigenvalue weighted by atomic mass is 16.1. The van der Waals surface area contributed by atoms with Crippen LogP contribution in [0.3, 0.4) is 0 Å². The maximum Gasteiger partial charge on any atom is 0.222 e. The average molecular weight is 196 g/mol. The van der Waals surface area contributed by atoms with E-state index in [4.69, 9.17) is 12.2 Å². The lowest BCUT2D eigenvalue weighted by Gasteiger charge is -2.19. The van der Waals surface area contributed by atoms with Crippen molar-refractivity contribution in [1.29, 1.82) is 0 Å². The van der Waals surface area contributed by atoms with Gasteiger partial charge in [-0.1, -0.05) is 19.3 Å². The Kier molecular flexibility index (Phi) is 5.26. The standard InChI is InChI=1S/C11H20N2O/c1-5-7-9(6-2)13-10(14)8-11(3,4)12/h2,9H,5,7-8,12H2,1,3-4H3,(H,13,14). The number of terminal acetylenes is 1. The summed E-state index contributed by atoms with van der Waals surface area (Å²) in [6, 6.07) is -0.158. The largest absolute Gasteiger partial charge is 0.342 e. The number of amides is 1. The first-order valence-electron chi connectivity index (χ1n) is 4.93. The van der Waals surface area contributed by atoms with E-state index in [-0.39, 0.29) is 11.9 Å². The maximum absolute atomic E-state index is 11.4. The molecule has 1 atom stereocenters. The first kappa shape index (κ1) is 13.0. The van der Waals surface area contributed by atoms with E-state index in [1.54, 1.807) is 0 Å². The van der Waals surface area contributed by atoms with Crippen LogP contribution < -0.4 is 11.1 Å². The molecule has 0 saturated carbocycles. The van der Waals surface area contributed by atoms with Crippen LogP contribution in [0.4, 0.5) is 0 Å². The molecular formula is C11H20N2O. The van der Waals surface area contributed by atoms with Gasteiger partial charge in [0.2, 0.25) is 5.91 Å². The third-order valence-corrected chi connectivity index (χ3v) is 1.73. The quantitative estimate of drug-likeness (QED) is 0.645. The summed E-state index contributed by atoms with van der Waals surface area (Å²) in [5.74, 6) is 2.47. The molecule has 0 radical (unpaired) electrons. The van der Waals surface area contributed by atoms with Gasteiger partial charge in [0.15, 0.2) is 0 Å². The highest BCUT2D eigenvalue weighted by Gasteiger charge is 2.17. The normalized spacial score (nSPS) is 13.1. The summed E-state index contributed by atoms with van der Waals surface area (Å²) in [6.07, 6.45) is 7.35. The molecule has 3 N–H and O–H groups in total. The van der Waals surface area contributed by atoms with Crippen LogP contribution in [0.5, 0.6) is 0 Å². The topological polar surface area (TPSA) is 55.1 Å². The second-order valence-electron chi connectivity index (χ2n) is 4.24. The minimum absolute atomic E-state index is 0.0751. The Morgan fingerprint density at radius 1 is 1.64 bits per heavy atom. The fourth-order valence-corrected chi connectivity index (χ4v) is 1.15. The van der Waals surface area contributed by atoms with Crippen LogP contribution in [0.15, 0.2) is 0 Å². The summed E-state index contributed by atoms with van der Waals surface area (Å²) < 4.78 is 0. The van der Waals surface area contributed by atoms with E-state index in [1.807, 2.05) is 20.8 Å². The van der Waals surface area contributed by atoms with Gasteiger partial charge >= 0.3 is 0 Å². The number of rotatable bonds is 5. The van der Waals surface area contributed by atoms with Crippen molar-refractivity contribution in [2.75, 3.05) is 0 Å². The second-order valence-corrected chi connectivity index (χ2v) is 4.24. The number of carbonyl (C=O) groups is 1. The van der Waals surface area contributed by atoms with Crippen molar-refractivity contribution in [2.45, 2.75) is 51.6 Å². The zero-order chi connectivity index (χ0) is 11.2. The zero-order valence-corrected chi connectivity index (χ0v) is 9.26. The summed E-state index contributed by atoms with van der Waals surface area (Å²) in [6.45, 7) is 5.66. The molecule has 0 spiro atoms. The van der Waals surface area contributed by atoms with Gasteiger partial charge in [0.1, 0.15) is 0 Å². The molecule has 0 aliphatic rings. The van der Waals surface area contributed by atoms with Gasteiger partial charge in [-0.15, -0.1) is 6.42 Å². The van der Waals surface area contributed by atoms with Gasteiger partial charge in [0.25, 0.3) is 0 Å². The van der Waals surface area contributed by atoms with E-state index in [1.165, 1.54) is 0 Å². The van der Waals surface area contributed by atoms with Crippen molar-refractivity contribution in [3.05, 3.63) is 0 Å². The summed E-state index contributed by atoms with van der Waals surface area (Å²) in [4.78, 5) is 11.4. The Morgan fingerprint density at radius 2 is 2.21 bits per heavy atom. The van der Waals surface area contributed by atoms with Crippen LogP contribution in [0.2, 0.25) is 0 Å². The van der Waals surface area contributed by atoms with Crippen LogP contribution in [-0.4, -0.2) is 17.5 Å². The van der Waals surface area contributed by atoms with Crippen LogP contribution in [0.25, 0.3) is 0 Å². The molecule has 0 aromatic carbocycles. The van der Waals surface area contributed by atoms with Gasteiger partial charge in [-0.05, 0) is 20.3 Å². The molecule has 0 aliphatic carbocycles. The van der Waals surface area contributed by atoms with Crippen LogP contribution >= 0.6 is 0 Å². The number of hydrogen-bond acceptors (Lipinski definition) is 2. The average Bonchev–Trinajstić information content (AvgIpc) is 2.00. The Labute approximate surface area is 86.4 Å². The van der Waals surface area contributed by atoms with E-state index in [2.05, 4.69) is 11.2 Å². The molecular weight excluding hydrogens is 176 g/mol. The Bertz CT molecular complexity index is 222. The Morgan fingerprint density at radius 3 is 2.57 bits per heavy atom. The summed E-state index contributed by atoms with van der Waals surface area (Å²) in [7, 11) is 0. The van der Waals surface area contributed by atoms with Gasteiger partial charge in [-0.25, -0.2) is 0 Å².